The van der Waals surface area contributed by atoms with E-state index in [1.54, 1.807) is 0 Å². The molecule has 6 fully saturated rings. The summed E-state index contributed by atoms with van der Waals surface area (Å²) < 4.78 is 16.0. The molecule has 0 bridgehead atoms. The molecular weight excluding hydrogens is 805 g/mol. The molecule has 2 aromatic heterocycles. The molecule has 4 saturated heterocycles. The van der Waals surface area contributed by atoms with Gasteiger partial charge in [0, 0.05) is 55.0 Å². The van der Waals surface area contributed by atoms with E-state index >= 15 is 0 Å². The minimum absolute atomic E-state index is 0.0348. The van der Waals surface area contributed by atoms with Gasteiger partial charge >= 0.3 is 12.2 Å². The highest BCUT2D eigenvalue weighted by molar-refractivity contribution is 6.04. The summed E-state index contributed by atoms with van der Waals surface area (Å²) in [5, 5.41) is 17.1. The minimum Gasteiger partial charge on any atom is -0.465 e. The standard InChI is InChI=1S/C47H50N8O8/c1-61-47(60)53-40(27-12-16-63-17-13-27)45(57)54-35-20-29(35)22-37(54)42-48-32-8-5-25(19-34(32)50-42)3-2-24-4-7-31-28(18-24)6-9-33-41(31)51-43(49-33)38-23-30-21-36(30)55(38)44(56)39(52-46(58)59)26-10-14-62-15-11-26/h4-9,18-19,26-27,29-30,35-40,52H,10-17,20-23H2,1H3,(H,48,50)(H,49,51)(H,53,60)(H,58,59)/t29-,30+,35+,36+,37-,38-,39-,40-/m0/s1. The van der Waals surface area contributed by atoms with Crippen LogP contribution in [0.15, 0.2) is 48.5 Å². The van der Waals surface area contributed by atoms with Gasteiger partial charge in [0.25, 0.3) is 0 Å². The number of nitrogens with one attached hydrogen (secondary N) is 4. The Morgan fingerprint density at radius 1 is 0.730 bits per heavy atom. The zero-order chi connectivity index (χ0) is 42.9. The van der Waals surface area contributed by atoms with Gasteiger partial charge in [0.05, 0.1) is 41.3 Å². The van der Waals surface area contributed by atoms with Gasteiger partial charge in [-0.05, 0) is 117 Å². The first-order chi connectivity index (χ1) is 30.7. The number of imidazole rings is 2. The maximum Gasteiger partial charge on any atom is 0.407 e. The Bertz CT molecular complexity index is 2710. The molecule has 0 spiro atoms. The monoisotopic (exact) mass is 854 g/mol. The van der Waals surface area contributed by atoms with E-state index in [0.29, 0.717) is 63.9 Å². The number of aromatic amines is 2. The largest absolute Gasteiger partial charge is 0.465 e. The van der Waals surface area contributed by atoms with E-state index in [4.69, 9.17) is 24.2 Å². The van der Waals surface area contributed by atoms with E-state index in [-0.39, 0.29) is 47.8 Å². The molecule has 6 heterocycles. The fraction of sp³-hybridized carbons (Fsp3) is 0.489. The second kappa shape index (κ2) is 15.9. The van der Waals surface area contributed by atoms with Crippen molar-refractivity contribution in [3.8, 4) is 11.8 Å². The third-order valence-corrected chi connectivity index (χ3v) is 14.4. The van der Waals surface area contributed by atoms with Crippen molar-refractivity contribution >= 4 is 56.8 Å². The highest BCUT2D eigenvalue weighted by atomic mass is 16.5. The molecule has 4 aliphatic heterocycles. The summed E-state index contributed by atoms with van der Waals surface area (Å²) in [6, 6.07) is 14.3. The Hall–Kier alpha value is -6.18. The van der Waals surface area contributed by atoms with Crippen LogP contribution in [-0.4, -0.2) is 117 Å². The second-order valence-electron chi connectivity index (χ2n) is 18.2. The number of rotatable bonds is 8. The number of H-pyrrole nitrogens is 2. The van der Waals surface area contributed by atoms with Gasteiger partial charge in [-0.25, -0.2) is 19.6 Å². The van der Waals surface area contributed by atoms with Gasteiger partial charge in [-0.1, -0.05) is 24.0 Å². The summed E-state index contributed by atoms with van der Waals surface area (Å²) in [4.78, 5) is 73.5. The first kappa shape index (κ1) is 39.7. The van der Waals surface area contributed by atoms with Crippen molar-refractivity contribution in [3.63, 3.8) is 0 Å². The van der Waals surface area contributed by atoms with Crippen molar-refractivity contribution in [3.05, 3.63) is 71.3 Å². The van der Waals surface area contributed by atoms with E-state index in [1.807, 2.05) is 52.3 Å². The van der Waals surface area contributed by atoms with E-state index in [2.05, 4.69) is 38.5 Å². The number of carbonyl (C=O) groups excluding carboxylic acids is 3. The molecule has 16 heteroatoms. The molecule has 5 N–H and O–H groups in total. The predicted molar refractivity (Wildman–Crippen MR) is 229 cm³/mol. The molecule has 16 nitrogen and oxygen atoms in total. The molecule has 2 saturated carbocycles. The van der Waals surface area contributed by atoms with Crippen LogP contribution in [0, 0.1) is 35.5 Å². The summed E-state index contributed by atoms with van der Waals surface area (Å²) in [6.45, 7) is 2.14. The number of alkyl carbamates (subject to hydrolysis) is 1. The lowest BCUT2D eigenvalue weighted by atomic mass is 9.90. The Balaban J connectivity index is 0.815. The van der Waals surface area contributed by atoms with Gasteiger partial charge in [-0.15, -0.1) is 0 Å². The molecule has 2 aliphatic carbocycles. The minimum atomic E-state index is -1.19. The lowest BCUT2D eigenvalue weighted by molar-refractivity contribution is -0.138. The Morgan fingerprint density at radius 2 is 1.30 bits per heavy atom. The van der Waals surface area contributed by atoms with Crippen LogP contribution in [0.25, 0.3) is 32.8 Å². The highest BCUT2D eigenvalue weighted by Gasteiger charge is 2.58. The van der Waals surface area contributed by atoms with Crippen molar-refractivity contribution in [2.24, 2.45) is 23.7 Å². The molecule has 6 aliphatic rings. The van der Waals surface area contributed by atoms with Crippen LogP contribution in [0.1, 0.15) is 86.2 Å². The first-order valence-electron chi connectivity index (χ1n) is 22.3. The van der Waals surface area contributed by atoms with Crippen molar-refractivity contribution in [2.75, 3.05) is 33.5 Å². The number of hydrogen-bond acceptors (Lipinski definition) is 9. The molecule has 11 rings (SSSR count). The lowest BCUT2D eigenvalue weighted by Crippen LogP contribution is -2.54. The van der Waals surface area contributed by atoms with Crippen molar-refractivity contribution < 1.29 is 38.5 Å². The number of amides is 4. The first-order valence-corrected chi connectivity index (χ1v) is 22.3. The fourth-order valence-corrected chi connectivity index (χ4v) is 11.0. The summed E-state index contributed by atoms with van der Waals surface area (Å²) in [5.41, 5.74) is 4.99. The van der Waals surface area contributed by atoms with Crippen molar-refractivity contribution in [2.45, 2.75) is 87.6 Å². The molecule has 326 valence electrons. The molecule has 4 amide bonds. The van der Waals surface area contributed by atoms with Crippen molar-refractivity contribution in [1.82, 2.24) is 40.4 Å². The van der Waals surface area contributed by atoms with Crippen LogP contribution >= 0.6 is 0 Å². The zero-order valence-electron chi connectivity index (χ0n) is 35.0. The topological polar surface area (TPSA) is 204 Å². The molecule has 0 radical (unpaired) electrons. The Kier molecular flexibility index (Phi) is 9.99. The molecule has 3 aromatic carbocycles. The van der Waals surface area contributed by atoms with Gasteiger partial charge in [0.15, 0.2) is 0 Å². The molecule has 8 atom stereocenters. The molecule has 0 unspecified atom stereocenters. The number of methoxy groups -OCH3 is 1. The third-order valence-electron chi connectivity index (χ3n) is 14.4. The van der Waals surface area contributed by atoms with Gasteiger partial charge in [-0.3, -0.25) is 9.59 Å². The van der Waals surface area contributed by atoms with Crippen LogP contribution < -0.4 is 10.6 Å². The van der Waals surface area contributed by atoms with Gasteiger partial charge in [-0.2, -0.15) is 0 Å². The highest BCUT2D eigenvalue weighted by Crippen LogP contribution is 2.55. The van der Waals surface area contributed by atoms with Crippen LogP contribution in [0.4, 0.5) is 9.59 Å². The van der Waals surface area contributed by atoms with E-state index < -0.39 is 24.3 Å². The Labute approximate surface area is 362 Å². The van der Waals surface area contributed by atoms with Crippen LogP contribution in [0.3, 0.4) is 0 Å². The second-order valence-corrected chi connectivity index (χ2v) is 18.2. The Morgan fingerprint density at radius 3 is 1.92 bits per heavy atom. The predicted octanol–water partition coefficient (Wildman–Crippen LogP) is 5.53. The van der Waals surface area contributed by atoms with E-state index in [1.165, 1.54) is 7.11 Å². The van der Waals surface area contributed by atoms with Crippen LogP contribution in [0.5, 0.6) is 0 Å². The van der Waals surface area contributed by atoms with E-state index in [0.717, 1.165) is 81.3 Å². The maximum atomic E-state index is 14.3. The quantitative estimate of drug-likeness (QED) is 0.124. The summed E-state index contributed by atoms with van der Waals surface area (Å²) in [6.07, 6.45) is 4.34. The summed E-state index contributed by atoms with van der Waals surface area (Å²) in [7, 11) is 1.31. The van der Waals surface area contributed by atoms with Gasteiger partial charge in [0.1, 0.15) is 23.7 Å². The molecule has 63 heavy (non-hydrogen) atoms. The number of carboxylic acid groups (broad SMARTS) is 1. The van der Waals surface area contributed by atoms with Gasteiger partial charge < -0.3 is 49.7 Å². The van der Waals surface area contributed by atoms with E-state index in [9.17, 15) is 24.3 Å². The number of fused-ring (bicyclic) bond motifs is 6. The number of piperidine rings is 2. The maximum absolute atomic E-state index is 14.3. The van der Waals surface area contributed by atoms with Crippen molar-refractivity contribution in [1.29, 1.82) is 0 Å². The fourth-order valence-electron chi connectivity index (χ4n) is 11.0. The molecule has 5 aromatic rings. The number of hydrogen-bond donors (Lipinski definition) is 5. The number of aromatic nitrogens is 4. The van der Waals surface area contributed by atoms with Crippen LogP contribution in [-0.2, 0) is 23.8 Å². The number of likely N-dealkylation sites (tertiary alicyclic amines) is 2. The average molecular weight is 855 g/mol. The third kappa shape index (κ3) is 7.40. The van der Waals surface area contributed by atoms with Gasteiger partial charge in [0.2, 0.25) is 11.8 Å². The summed E-state index contributed by atoms with van der Waals surface area (Å²) in [5.74, 6) is 8.51. The number of carbonyl (C=O) groups is 4. The van der Waals surface area contributed by atoms with Crippen LogP contribution in [0.2, 0.25) is 0 Å². The molecular formula is C47H50N8O8. The number of ether oxygens (including phenoxy) is 3. The summed E-state index contributed by atoms with van der Waals surface area (Å²) >= 11 is 0. The lowest BCUT2D eigenvalue weighted by Gasteiger charge is -2.35. The average Bonchev–Trinajstić information content (AvgIpc) is 3.96. The number of benzene rings is 3. The zero-order valence-corrected chi connectivity index (χ0v) is 35.0. The number of nitrogens with zero attached hydrogens (tertiary/aromatic N) is 4. The smallest absolute Gasteiger partial charge is 0.407 e. The normalized spacial score (nSPS) is 26.4. The SMILES string of the molecule is COC(=O)N[C@H](C(=O)N1[C@@H]2C[C@H]2C[C@H]1c1nc2cc(C#Cc3ccc4c(ccc5nc([C@@H]6C[C@H]7C[C@H]7N6C(=O)[C@@H](NC(=O)O)C6CCOCC6)[nH]c54)c3)ccc2[nH]1)C1CCOCC1.